The lowest BCUT2D eigenvalue weighted by molar-refractivity contribution is -0.115. The molecule has 0 bridgehead atoms. The second-order valence-electron chi connectivity index (χ2n) is 8.63. The summed E-state index contributed by atoms with van der Waals surface area (Å²) in [6.07, 6.45) is 1.57. The average Bonchev–Trinajstić information content (AvgIpc) is 3.52. The van der Waals surface area contributed by atoms with E-state index >= 15 is 0 Å². The van der Waals surface area contributed by atoms with E-state index in [2.05, 4.69) is 20.2 Å². The van der Waals surface area contributed by atoms with Gasteiger partial charge in [-0.1, -0.05) is 18.2 Å². The molecule has 3 fully saturated rings. The largest absolute Gasteiger partial charge is 0.475 e. The van der Waals surface area contributed by atoms with Crippen LogP contribution in [0.3, 0.4) is 0 Å². The van der Waals surface area contributed by atoms with E-state index in [0.717, 1.165) is 11.8 Å². The van der Waals surface area contributed by atoms with Gasteiger partial charge in [0.1, 0.15) is 6.61 Å². The van der Waals surface area contributed by atoms with Crippen molar-refractivity contribution >= 4 is 40.8 Å². The monoisotopic (exact) mass is 495 g/mol. The standard InChI is InChI=1S/C24H25N5O5S/c1-33-7-8-34-20-10-18(9-19-21(30)27-24(32)35-19)25-23(26-20)29-13-16-11-28(12-17(16)14-29)22(31)15-5-3-2-4-6-15/h2-6,9-10,16-17H,7-8,11-14H2,1H3,(H,27,30,32)/b19-9+. The average molecular weight is 496 g/mol. The predicted molar refractivity (Wildman–Crippen MR) is 130 cm³/mol. The Morgan fingerprint density at radius 2 is 1.86 bits per heavy atom. The van der Waals surface area contributed by atoms with Crippen LogP contribution < -0.4 is 15.0 Å². The smallest absolute Gasteiger partial charge is 0.290 e. The number of ether oxygens (including phenoxy) is 2. The van der Waals surface area contributed by atoms with Crippen LogP contribution in [-0.2, 0) is 9.53 Å². The number of amides is 3. The number of nitrogens with zero attached hydrogens (tertiary/aromatic N) is 4. The van der Waals surface area contributed by atoms with Gasteiger partial charge in [0.25, 0.3) is 17.1 Å². The second-order valence-corrected chi connectivity index (χ2v) is 9.64. The Labute approximate surface area is 206 Å². The van der Waals surface area contributed by atoms with Gasteiger partial charge in [-0.25, -0.2) is 4.98 Å². The Kier molecular flexibility index (Phi) is 6.69. The van der Waals surface area contributed by atoms with Crippen molar-refractivity contribution in [2.24, 2.45) is 11.8 Å². The van der Waals surface area contributed by atoms with E-state index in [1.807, 2.05) is 35.2 Å². The molecule has 2 unspecified atom stereocenters. The van der Waals surface area contributed by atoms with Crippen LogP contribution in [0.15, 0.2) is 41.3 Å². The molecule has 3 aliphatic heterocycles. The summed E-state index contributed by atoms with van der Waals surface area (Å²) >= 11 is 0.838. The number of benzene rings is 1. The summed E-state index contributed by atoms with van der Waals surface area (Å²) in [5.41, 5.74) is 1.19. The second kappa shape index (κ2) is 10.0. The molecule has 1 N–H and O–H groups in total. The van der Waals surface area contributed by atoms with Gasteiger partial charge in [0.2, 0.25) is 11.8 Å². The summed E-state index contributed by atoms with van der Waals surface area (Å²) in [4.78, 5) is 49.9. The molecule has 5 rings (SSSR count). The van der Waals surface area contributed by atoms with Crippen molar-refractivity contribution in [3.8, 4) is 5.88 Å². The van der Waals surface area contributed by atoms with Crippen molar-refractivity contribution < 1.29 is 23.9 Å². The minimum absolute atomic E-state index is 0.0622. The fourth-order valence-corrected chi connectivity index (χ4v) is 5.26. The summed E-state index contributed by atoms with van der Waals surface area (Å²) in [7, 11) is 1.59. The third-order valence-electron chi connectivity index (χ3n) is 6.25. The Hall–Kier alpha value is -3.44. The molecule has 1 aromatic heterocycles. The quantitative estimate of drug-likeness (QED) is 0.455. The van der Waals surface area contributed by atoms with Crippen LogP contribution in [0, 0.1) is 11.8 Å². The minimum Gasteiger partial charge on any atom is -0.475 e. The first kappa shape index (κ1) is 23.3. The summed E-state index contributed by atoms with van der Waals surface area (Å²) in [6.45, 7) is 3.53. The third-order valence-corrected chi connectivity index (χ3v) is 7.06. The van der Waals surface area contributed by atoms with Crippen molar-refractivity contribution in [3.63, 3.8) is 0 Å². The van der Waals surface area contributed by atoms with Crippen LogP contribution in [0.2, 0.25) is 0 Å². The summed E-state index contributed by atoms with van der Waals surface area (Å²) in [5.74, 6) is 1.12. The van der Waals surface area contributed by atoms with Gasteiger partial charge in [-0.2, -0.15) is 4.98 Å². The maximum Gasteiger partial charge on any atom is 0.290 e. The number of hydrogen-bond donors (Lipinski definition) is 1. The molecule has 0 saturated carbocycles. The number of fused-ring (bicyclic) bond motifs is 1. The zero-order valence-corrected chi connectivity index (χ0v) is 20.0. The lowest BCUT2D eigenvalue weighted by Gasteiger charge is -2.22. The topological polar surface area (TPSA) is 114 Å². The normalized spacial score (nSPS) is 22.6. The molecule has 3 saturated heterocycles. The fraction of sp³-hybridized carbons (Fsp3) is 0.375. The van der Waals surface area contributed by atoms with Gasteiger partial charge in [0, 0.05) is 56.8 Å². The van der Waals surface area contributed by atoms with Gasteiger partial charge in [-0.05, 0) is 30.0 Å². The molecule has 11 heteroatoms. The predicted octanol–water partition coefficient (Wildman–Crippen LogP) is 2.03. The Bertz CT molecular complexity index is 1160. The molecule has 0 spiro atoms. The zero-order valence-electron chi connectivity index (χ0n) is 19.2. The highest BCUT2D eigenvalue weighted by molar-refractivity contribution is 8.18. The van der Waals surface area contributed by atoms with E-state index in [4.69, 9.17) is 9.47 Å². The third kappa shape index (κ3) is 5.15. The van der Waals surface area contributed by atoms with Crippen LogP contribution in [-0.4, -0.2) is 78.4 Å². The maximum atomic E-state index is 12.9. The van der Waals surface area contributed by atoms with Crippen molar-refractivity contribution in [2.45, 2.75) is 0 Å². The van der Waals surface area contributed by atoms with Crippen LogP contribution in [0.5, 0.6) is 5.88 Å². The van der Waals surface area contributed by atoms with Crippen molar-refractivity contribution in [3.05, 3.63) is 52.6 Å². The van der Waals surface area contributed by atoms with E-state index in [1.165, 1.54) is 0 Å². The number of carbonyl (C=O) groups is 3. The number of methoxy groups -OCH3 is 1. The van der Waals surface area contributed by atoms with E-state index in [9.17, 15) is 14.4 Å². The van der Waals surface area contributed by atoms with Crippen LogP contribution in [0.4, 0.5) is 10.7 Å². The first-order chi connectivity index (χ1) is 17.0. The molecule has 35 heavy (non-hydrogen) atoms. The fourth-order valence-electron chi connectivity index (χ4n) is 4.59. The van der Waals surface area contributed by atoms with Gasteiger partial charge in [0.15, 0.2) is 0 Å². The van der Waals surface area contributed by atoms with Crippen LogP contribution in [0.25, 0.3) is 6.08 Å². The highest BCUT2D eigenvalue weighted by Gasteiger charge is 2.42. The number of aromatic nitrogens is 2. The molecule has 4 heterocycles. The summed E-state index contributed by atoms with van der Waals surface area (Å²) < 4.78 is 10.8. The molecule has 182 valence electrons. The maximum absolute atomic E-state index is 12.9. The van der Waals surface area contributed by atoms with Gasteiger partial charge in [0.05, 0.1) is 17.2 Å². The highest BCUT2D eigenvalue weighted by Crippen LogP contribution is 2.34. The van der Waals surface area contributed by atoms with Crippen LogP contribution >= 0.6 is 11.8 Å². The summed E-state index contributed by atoms with van der Waals surface area (Å²) in [5, 5.41) is 1.84. The number of hydrogen-bond acceptors (Lipinski definition) is 9. The number of anilines is 1. The lowest BCUT2D eigenvalue weighted by Crippen LogP contribution is -2.33. The Morgan fingerprint density at radius 3 is 2.51 bits per heavy atom. The molecule has 3 amide bonds. The first-order valence-corrected chi connectivity index (χ1v) is 12.2. The molecule has 1 aromatic carbocycles. The van der Waals surface area contributed by atoms with Crippen LogP contribution in [0.1, 0.15) is 16.1 Å². The Balaban J connectivity index is 1.32. The molecular formula is C24H25N5O5S. The van der Waals surface area contributed by atoms with Gasteiger partial charge >= 0.3 is 0 Å². The number of carbonyl (C=O) groups excluding carboxylic acids is 3. The van der Waals surface area contributed by atoms with Crippen molar-refractivity contribution in [2.75, 3.05) is 51.4 Å². The SMILES string of the molecule is COCCOc1cc(/C=C2/SC(=O)NC2=O)nc(N2CC3CN(C(=O)c4ccccc4)CC3C2)n1. The minimum atomic E-state index is -0.444. The first-order valence-electron chi connectivity index (χ1n) is 11.3. The number of rotatable bonds is 7. The number of imide groups is 1. The van der Waals surface area contributed by atoms with Gasteiger partial charge < -0.3 is 19.3 Å². The van der Waals surface area contributed by atoms with E-state index < -0.39 is 11.1 Å². The highest BCUT2D eigenvalue weighted by atomic mass is 32.2. The molecule has 0 aliphatic carbocycles. The van der Waals surface area contributed by atoms with Gasteiger partial charge in [-0.15, -0.1) is 0 Å². The number of likely N-dealkylation sites (tertiary alicyclic amines) is 1. The number of thioether (sulfide) groups is 1. The van der Waals surface area contributed by atoms with Crippen molar-refractivity contribution in [1.82, 2.24) is 20.2 Å². The molecule has 3 aliphatic rings. The number of nitrogens with one attached hydrogen (secondary N) is 1. The molecule has 0 radical (unpaired) electrons. The van der Waals surface area contributed by atoms with E-state index in [0.29, 0.717) is 74.3 Å². The van der Waals surface area contributed by atoms with E-state index in [1.54, 1.807) is 19.3 Å². The molecule has 2 atom stereocenters. The molecule has 10 nitrogen and oxygen atoms in total. The Morgan fingerprint density at radius 1 is 1.11 bits per heavy atom. The molecular weight excluding hydrogens is 470 g/mol. The van der Waals surface area contributed by atoms with Gasteiger partial charge in [-0.3, -0.25) is 19.7 Å². The van der Waals surface area contributed by atoms with Crippen molar-refractivity contribution in [1.29, 1.82) is 0 Å². The van der Waals surface area contributed by atoms with E-state index in [-0.39, 0.29) is 10.8 Å². The zero-order chi connectivity index (χ0) is 24.4. The molecule has 2 aromatic rings. The lowest BCUT2D eigenvalue weighted by atomic mass is 10.0. The summed E-state index contributed by atoms with van der Waals surface area (Å²) in [6, 6.07) is 11.0.